The Morgan fingerprint density at radius 3 is 2.64 bits per heavy atom. The Balaban J connectivity index is 2.32. The van der Waals surface area contributed by atoms with Crippen LogP contribution in [0.5, 0.6) is 0 Å². The molecule has 1 aliphatic rings. The third-order valence-corrected chi connectivity index (χ3v) is 2.65. The molecule has 4 nitrogen and oxygen atoms in total. The lowest BCUT2D eigenvalue weighted by Gasteiger charge is -2.29. The highest BCUT2D eigenvalue weighted by Gasteiger charge is 2.20. The predicted molar refractivity (Wildman–Crippen MR) is 53.4 cm³/mol. The SMILES string of the molecule is CC(C#N)C(=O)NC1CCN(C)CC1. The van der Waals surface area contributed by atoms with Crippen molar-refractivity contribution in [3.05, 3.63) is 0 Å². The molecule has 1 amide bonds. The number of rotatable bonds is 2. The molecule has 1 atom stereocenters. The lowest BCUT2D eigenvalue weighted by Crippen LogP contribution is -2.44. The Morgan fingerprint density at radius 2 is 2.14 bits per heavy atom. The predicted octanol–water partition coefficient (Wildman–Crippen LogP) is 0.356. The zero-order valence-corrected chi connectivity index (χ0v) is 8.79. The number of likely N-dealkylation sites (tertiary alicyclic amines) is 1. The molecular formula is C10H17N3O. The van der Waals surface area contributed by atoms with Crippen LogP contribution in [0.25, 0.3) is 0 Å². The summed E-state index contributed by atoms with van der Waals surface area (Å²) in [5, 5.41) is 11.5. The highest BCUT2D eigenvalue weighted by Crippen LogP contribution is 2.08. The molecule has 4 heteroatoms. The van der Waals surface area contributed by atoms with Gasteiger partial charge in [0.15, 0.2) is 0 Å². The van der Waals surface area contributed by atoms with Gasteiger partial charge in [0.05, 0.1) is 6.07 Å². The number of carbonyl (C=O) groups excluding carboxylic acids is 1. The van der Waals surface area contributed by atoms with E-state index in [0.717, 1.165) is 25.9 Å². The molecule has 1 N–H and O–H groups in total. The van der Waals surface area contributed by atoms with Gasteiger partial charge >= 0.3 is 0 Å². The summed E-state index contributed by atoms with van der Waals surface area (Å²) < 4.78 is 0. The van der Waals surface area contributed by atoms with Gasteiger partial charge in [-0.3, -0.25) is 4.79 Å². The molecular weight excluding hydrogens is 178 g/mol. The van der Waals surface area contributed by atoms with Gasteiger partial charge in [-0.25, -0.2) is 0 Å². The van der Waals surface area contributed by atoms with E-state index in [0.29, 0.717) is 0 Å². The number of nitrogens with zero attached hydrogens (tertiary/aromatic N) is 2. The number of nitriles is 1. The third-order valence-electron chi connectivity index (χ3n) is 2.65. The average molecular weight is 195 g/mol. The van der Waals surface area contributed by atoms with Crippen molar-refractivity contribution in [1.82, 2.24) is 10.2 Å². The van der Waals surface area contributed by atoms with Crippen LogP contribution in [0.2, 0.25) is 0 Å². The summed E-state index contributed by atoms with van der Waals surface area (Å²) in [6.07, 6.45) is 1.97. The van der Waals surface area contributed by atoms with Crippen LogP contribution in [0, 0.1) is 17.2 Å². The van der Waals surface area contributed by atoms with Crippen molar-refractivity contribution in [3.8, 4) is 6.07 Å². The van der Waals surface area contributed by atoms with Crippen LogP contribution in [-0.4, -0.2) is 37.0 Å². The topological polar surface area (TPSA) is 56.1 Å². The van der Waals surface area contributed by atoms with E-state index in [-0.39, 0.29) is 11.9 Å². The number of piperidine rings is 1. The summed E-state index contributed by atoms with van der Waals surface area (Å²) in [5.74, 6) is -0.670. The van der Waals surface area contributed by atoms with Crippen molar-refractivity contribution in [2.24, 2.45) is 5.92 Å². The minimum atomic E-state index is -0.533. The number of hydrogen-bond acceptors (Lipinski definition) is 3. The number of carbonyl (C=O) groups is 1. The van der Waals surface area contributed by atoms with Crippen molar-refractivity contribution in [1.29, 1.82) is 5.26 Å². The normalized spacial score (nSPS) is 21.2. The van der Waals surface area contributed by atoms with Crippen LogP contribution in [-0.2, 0) is 4.79 Å². The molecule has 1 aliphatic heterocycles. The van der Waals surface area contributed by atoms with Gasteiger partial charge < -0.3 is 10.2 Å². The first-order valence-electron chi connectivity index (χ1n) is 5.02. The van der Waals surface area contributed by atoms with Crippen LogP contribution in [0.15, 0.2) is 0 Å². The van der Waals surface area contributed by atoms with E-state index >= 15 is 0 Å². The Bertz CT molecular complexity index is 238. The minimum Gasteiger partial charge on any atom is -0.352 e. The van der Waals surface area contributed by atoms with Crippen molar-refractivity contribution in [3.63, 3.8) is 0 Å². The molecule has 0 aliphatic carbocycles. The fourth-order valence-electron chi connectivity index (χ4n) is 1.54. The second kappa shape index (κ2) is 4.97. The smallest absolute Gasteiger partial charge is 0.237 e. The molecule has 0 spiro atoms. The molecule has 0 aromatic rings. The van der Waals surface area contributed by atoms with Gasteiger partial charge in [0.2, 0.25) is 5.91 Å². The molecule has 1 fully saturated rings. The lowest BCUT2D eigenvalue weighted by molar-refractivity contribution is -0.123. The highest BCUT2D eigenvalue weighted by atomic mass is 16.1. The van der Waals surface area contributed by atoms with Crippen molar-refractivity contribution < 1.29 is 4.79 Å². The molecule has 0 aromatic carbocycles. The minimum absolute atomic E-state index is 0.137. The van der Waals surface area contributed by atoms with Crippen LogP contribution in [0.4, 0.5) is 0 Å². The fraction of sp³-hybridized carbons (Fsp3) is 0.800. The molecule has 1 saturated heterocycles. The van der Waals surface area contributed by atoms with Gasteiger partial charge in [-0.05, 0) is 39.9 Å². The first kappa shape index (κ1) is 11.0. The van der Waals surface area contributed by atoms with Gasteiger partial charge in [-0.15, -0.1) is 0 Å². The quantitative estimate of drug-likeness (QED) is 0.692. The molecule has 14 heavy (non-hydrogen) atoms. The van der Waals surface area contributed by atoms with E-state index < -0.39 is 5.92 Å². The summed E-state index contributed by atoms with van der Waals surface area (Å²) in [7, 11) is 2.08. The van der Waals surface area contributed by atoms with E-state index in [2.05, 4.69) is 17.3 Å². The van der Waals surface area contributed by atoms with Crippen LogP contribution in [0.3, 0.4) is 0 Å². The van der Waals surface area contributed by atoms with Gasteiger partial charge in [-0.2, -0.15) is 5.26 Å². The maximum Gasteiger partial charge on any atom is 0.237 e. The van der Waals surface area contributed by atoms with Crippen molar-refractivity contribution in [2.45, 2.75) is 25.8 Å². The van der Waals surface area contributed by atoms with Gasteiger partial charge in [0.25, 0.3) is 0 Å². The average Bonchev–Trinajstić information content (AvgIpc) is 2.20. The zero-order chi connectivity index (χ0) is 10.6. The van der Waals surface area contributed by atoms with E-state index in [1.165, 1.54) is 0 Å². The van der Waals surface area contributed by atoms with Gasteiger partial charge in [0.1, 0.15) is 5.92 Å². The standard InChI is InChI=1S/C10H17N3O/c1-8(7-11)10(14)12-9-3-5-13(2)6-4-9/h8-9H,3-6H2,1-2H3,(H,12,14). The van der Waals surface area contributed by atoms with Crippen LogP contribution >= 0.6 is 0 Å². The fourth-order valence-corrected chi connectivity index (χ4v) is 1.54. The molecule has 1 rings (SSSR count). The largest absolute Gasteiger partial charge is 0.352 e. The van der Waals surface area contributed by atoms with Crippen LogP contribution < -0.4 is 5.32 Å². The first-order valence-corrected chi connectivity index (χ1v) is 5.02. The van der Waals surface area contributed by atoms with Crippen molar-refractivity contribution in [2.75, 3.05) is 20.1 Å². The van der Waals surface area contributed by atoms with Gasteiger partial charge in [0, 0.05) is 6.04 Å². The second-order valence-electron chi connectivity index (χ2n) is 3.94. The third kappa shape index (κ3) is 3.00. The molecule has 0 bridgehead atoms. The summed E-state index contributed by atoms with van der Waals surface area (Å²) in [6, 6.07) is 2.20. The highest BCUT2D eigenvalue weighted by molar-refractivity contribution is 5.80. The van der Waals surface area contributed by atoms with Gasteiger partial charge in [-0.1, -0.05) is 0 Å². The molecule has 0 aromatic heterocycles. The van der Waals surface area contributed by atoms with Crippen LogP contribution in [0.1, 0.15) is 19.8 Å². The number of amides is 1. The summed E-state index contributed by atoms with van der Waals surface area (Å²) in [5.41, 5.74) is 0. The van der Waals surface area contributed by atoms with Crippen molar-refractivity contribution >= 4 is 5.91 Å². The summed E-state index contributed by atoms with van der Waals surface area (Å²) in [6.45, 7) is 3.67. The Labute approximate surface area is 84.9 Å². The molecule has 1 unspecified atom stereocenters. The maximum atomic E-state index is 11.4. The first-order chi connectivity index (χ1) is 6.63. The van der Waals surface area contributed by atoms with E-state index in [4.69, 9.17) is 5.26 Å². The monoisotopic (exact) mass is 195 g/mol. The molecule has 0 radical (unpaired) electrons. The van der Waals surface area contributed by atoms with E-state index in [9.17, 15) is 4.79 Å². The zero-order valence-electron chi connectivity index (χ0n) is 8.79. The summed E-state index contributed by atoms with van der Waals surface area (Å²) in [4.78, 5) is 13.6. The Kier molecular flexibility index (Phi) is 3.90. The molecule has 1 heterocycles. The van der Waals surface area contributed by atoms with E-state index in [1.54, 1.807) is 6.92 Å². The molecule has 0 saturated carbocycles. The van der Waals surface area contributed by atoms with E-state index in [1.807, 2.05) is 6.07 Å². The number of hydrogen-bond donors (Lipinski definition) is 1. The lowest BCUT2D eigenvalue weighted by atomic mass is 10.0. The Hall–Kier alpha value is -1.08. The number of nitrogens with one attached hydrogen (secondary N) is 1. The Morgan fingerprint density at radius 1 is 1.57 bits per heavy atom. The maximum absolute atomic E-state index is 11.4. The second-order valence-corrected chi connectivity index (χ2v) is 3.94. The summed E-state index contributed by atoms with van der Waals surface area (Å²) >= 11 is 0. The molecule has 78 valence electrons.